The van der Waals surface area contributed by atoms with Gasteiger partial charge in [0.2, 0.25) is 5.91 Å². The van der Waals surface area contributed by atoms with Gasteiger partial charge in [-0.15, -0.1) is 0 Å². The highest BCUT2D eigenvalue weighted by Crippen LogP contribution is 2.30. The van der Waals surface area contributed by atoms with E-state index in [2.05, 4.69) is 11.4 Å². The molecule has 1 N–H and O–H groups in total. The van der Waals surface area contributed by atoms with Crippen LogP contribution in [0.4, 0.5) is 10.2 Å². The predicted molar refractivity (Wildman–Crippen MR) is 112 cm³/mol. The zero-order valence-electron chi connectivity index (χ0n) is 18.0. The van der Waals surface area contributed by atoms with Gasteiger partial charge >= 0.3 is 5.97 Å². The first kappa shape index (κ1) is 23.1. The number of nitrogens with zero attached hydrogens (tertiary/aromatic N) is 3. The van der Waals surface area contributed by atoms with Gasteiger partial charge in [-0.1, -0.05) is 13.8 Å². The van der Waals surface area contributed by atoms with E-state index in [0.29, 0.717) is 30.2 Å². The van der Waals surface area contributed by atoms with E-state index < -0.39 is 0 Å². The first-order valence-corrected chi connectivity index (χ1v) is 9.71. The summed E-state index contributed by atoms with van der Waals surface area (Å²) in [5.41, 5.74) is 2.51. The van der Waals surface area contributed by atoms with E-state index in [4.69, 9.17) is 4.74 Å². The smallest absolute Gasteiger partial charge is 0.309 e. The van der Waals surface area contributed by atoms with Crippen molar-refractivity contribution in [1.82, 2.24) is 9.47 Å². The fourth-order valence-electron chi connectivity index (χ4n) is 3.32. The SMILES string of the molecule is CCN(CC(=O)Nc1c(C#N)c(C)c(C)n1-c1ccc(F)cc1)CC(C)C(=O)OC. The number of rotatable bonds is 8. The van der Waals surface area contributed by atoms with Crippen molar-refractivity contribution in [1.29, 1.82) is 5.26 Å². The monoisotopic (exact) mass is 414 g/mol. The van der Waals surface area contributed by atoms with E-state index >= 15 is 0 Å². The number of benzene rings is 1. The molecule has 1 aromatic heterocycles. The number of nitrogens with one attached hydrogen (secondary N) is 1. The topological polar surface area (TPSA) is 87.4 Å². The summed E-state index contributed by atoms with van der Waals surface area (Å²) in [7, 11) is 1.33. The summed E-state index contributed by atoms with van der Waals surface area (Å²) in [6.45, 7) is 8.27. The van der Waals surface area contributed by atoms with Crippen molar-refractivity contribution < 1.29 is 18.7 Å². The molecule has 0 aliphatic carbocycles. The van der Waals surface area contributed by atoms with Crippen LogP contribution in [0.1, 0.15) is 30.7 Å². The van der Waals surface area contributed by atoms with Gasteiger partial charge in [0.1, 0.15) is 17.7 Å². The summed E-state index contributed by atoms with van der Waals surface area (Å²) < 4.78 is 19.8. The van der Waals surface area contributed by atoms with E-state index in [1.165, 1.54) is 19.2 Å². The molecule has 1 heterocycles. The van der Waals surface area contributed by atoms with E-state index in [1.807, 2.05) is 18.7 Å². The number of carbonyl (C=O) groups is 2. The van der Waals surface area contributed by atoms with Crippen LogP contribution in [0.3, 0.4) is 0 Å². The van der Waals surface area contributed by atoms with Crippen LogP contribution in [-0.4, -0.2) is 48.1 Å². The Morgan fingerprint density at radius 3 is 2.47 bits per heavy atom. The van der Waals surface area contributed by atoms with Crippen molar-refractivity contribution in [3.8, 4) is 11.8 Å². The van der Waals surface area contributed by atoms with Crippen LogP contribution in [0.5, 0.6) is 0 Å². The molecule has 1 atom stereocenters. The lowest BCUT2D eigenvalue weighted by molar-refractivity contribution is -0.145. The average Bonchev–Trinajstić information content (AvgIpc) is 2.96. The van der Waals surface area contributed by atoms with Crippen LogP contribution in [0.25, 0.3) is 5.69 Å². The lowest BCUT2D eigenvalue weighted by Crippen LogP contribution is -2.38. The summed E-state index contributed by atoms with van der Waals surface area (Å²) in [6, 6.07) is 7.99. The number of amides is 1. The quantitative estimate of drug-likeness (QED) is 0.671. The molecule has 2 aromatic rings. The van der Waals surface area contributed by atoms with Gasteiger partial charge in [0.25, 0.3) is 0 Å². The molecule has 0 saturated heterocycles. The van der Waals surface area contributed by atoms with Crippen LogP contribution in [0.15, 0.2) is 24.3 Å². The van der Waals surface area contributed by atoms with Gasteiger partial charge in [-0.05, 0) is 50.2 Å². The van der Waals surface area contributed by atoms with Crippen LogP contribution >= 0.6 is 0 Å². The average molecular weight is 414 g/mol. The number of esters is 1. The lowest BCUT2D eigenvalue weighted by Gasteiger charge is -2.23. The highest BCUT2D eigenvalue weighted by atomic mass is 19.1. The molecule has 7 nitrogen and oxygen atoms in total. The van der Waals surface area contributed by atoms with Gasteiger partial charge in [-0.2, -0.15) is 5.26 Å². The third kappa shape index (κ3) is 5.05. The number of hydrogen-bond donors (Lipinski definition) is 1. The second-order valence-corrected chi connectivity index (χ2v) is 7.16. The molecule has 0 radical (unpaired) electrons. The standard InChI is InChI=1S/C22H27FN4O3/c1-6-26(12-14(2)22(29)30-5)13-20(28)25-21-19(11-24)15(3)16(4)27(21)18-9-7-17(23)8-10-18/h7-10,14H,6,12-13H2,1-5H3,(H,25,28). The number of halogens is 1. The Balaban J connectivity index is 2.29. The minimum absolute atomic E-state index is 0.0510. The zero-order chi connectivity index (χ0) is 22.4. The highest BCUT2D eigenvalue weighted by Gasteiger charge is 2.23. The number of likely N-dealkylation sites (N-methyl/N-ethyl adjacent to an activating group) is 1. The van der Waals surface area contributed by atoms with Gasteiger partial charge in [0, 0.05) is 17.9 Å². The maximum Gasteiger partial charge on any atom is 0.309 e. The molecule has 160 valence electrons. The molecule has 1 amide bonds. The number of nitriles is 1. The minimum Gasteiger partial charge on any atom is -0.469 e. The largest absolute Gasteiger partial charge is 0.469 e. The van der Waals surface area contributed by atoms with Gasteiger partial charge in [-0.3, -0.25) is 19.1 Å². The van der Waals surface area contributed by atoms with Crippen molar-refractivity contribution >= 4 is 17.7 Å². The minimum atomic E-state index is -0.371. The van der Waals surface area contributed by atoms with E-state index in [9.17, 15) is 19.2 Å². The molecule has 8 heteroatoms. The summed E-state index contributed by atoms with van der Waals surface area (Å²) >= 11 is 0. The first-order valence-electron chi connectivity index (χ1n) is 9.71. The second kappa shape index (κ2) is 10.0. The van der Waals surface area contributed by atoms with Crippen LogP contribution in [-0.2, 0) is 14.3 Å². The first-order chi connectivity index (χ1) is 14.2. The molecule has 0 spiro atoms. The fourth-order valence-corrected chi connectivity index (χ4v) is 3.32. The van der Waals surface area contributed by atoms with E-state index in [-0.39, 0.29) is 30.2 Å². The molecule has 0 aliphatic rings. The lowest BCUT2D eigenvalue weighted by atomic mass is 10.1. The van der Waals surface area contributed by atoms with Crippen molar-refractivity contribution in [2.75, 3.05) is 32.1 Å². The fraction of sp³-hybridized carbons (Fsp3) is 0.409. The van der Waals surface area contributed by atoms with Crippen LogP contribution < -0.4 is 5.32 Å². The second-order valence-electron chi connectivity index (χ2n) is 7.16. The summed E-state index contributed by atoms with van der Waals surface area (Å²) in [5.74, 6) is -1.04. The molecule has 30 heavy (non-hydrogen) atoms. The van der Waals surface area contributed by atoms with Gasteiger partial charge in [-0.25, -0.2) is 4.39 Å². The Labute approximate surface area is 176 Å². The Morgan fingerprint density at radius 1 is 1.30 bits per heavy atom. The summed E-state index contributed by atoms with van der Waals surface area (Å²) in [4.78, 5) is 26.3. The van der Waals surface area contributed by atoms with Gasteiger partial charge < -0.3 is 10.1 Å². The van der Waals surface area contributed by atoms with Crippen molar-refractivity contribution in [2.24, 2.45) is 5.92 Å². The van der Waals surface area contributed by atoms with Crippen LogP contribution in [0, 0.1) is 36.9 Å². The van der Waals surface area contributed by atoms with Crippen molar-refractivity contribution in [3.63, 3.8) is 0 Å². The number of carbonyl (C=O) groups excluding carboxylic acids is 2. The Kier molecular flexibility index (Phi) is 7.72. The summed E-state index contributed by atoms with van der Waals surface area (Å²) in [5, 5.41) is 12.5. The Morgan fingerprint density at radius 2 is 1.93 bits per heavy atom. The zero-order valence-corrected chi connectivity index (χ0v) is 18.0. The summed E-state index contributed by atoms with van der Waals surface area (Å²) in [6.07, 6.45) is 0. The highest BCUT2D eigenvalue weighted by molar-refractivity contribution is 5.93. The molecular weight excluding hydrogens is 387 g/mol. The van der Waals surface area contributed by atoms with Crippen molar-refractivity contribution in [3.05, 3.63) is 46.9 Å². The number of aromatic nitrogens is 1. The Hall–Kier alpha value is -3.18. The molecule has 0 saturated carbocycles. The molecule has 1 unspecified atom stereocenters. The van der Waals surface area contributed by atoms with E-state index in [0.717, 1.165) is 11.3 Å². The molecule has 2 rings (SSSR count). The molecule has 0 aliphatic heterocycles. The van der Waals surface area contributed by atoms with Gasteiger partial charge in [0.15, 0.2) is 0 Å². The molecular formula is C22H27FN4O3. The number of methoxy groups -OCH3 is 1. The molecule has 1 aromatic carbocycles. The number of anilines is 1. The third-order valence-corrected chi connectivity index (χ3v) is 5.12. The van der Waals surface area contributed by atoms with Crippen LogP contribution in [0.2, 0.25) is 0 Å². The van der Waals surface area contributed by atoms with Crippen molar-refractivity contribution in [2.45, 2.75) is 27.7 Å². The predicted octanol–water partition coefficient (Wildman–Crippen LogP) is 3.17. The number of ether oxygens (including phenoxy) is 1. The van der Waals surface area contributed by atoms with E-state index in [1.54, 1.807) is 30.5 Å². The maximum absolute atomic E-state index is 13.4. The molecule has 0 fully saturated rings. The third-order valence-electron chi connectivity index (χ3n) is 5.12. The number of hydrogen-bond acceptors (Lipinski definition) is 5. The van der Waals surface area contributed by atoms with Gasteiger partial charge in [0.05, 0.1) is 25.1 Å². The molecule has 0 bridgehead atoms. The Bertz CT molecular complexity index is 960. The maximum atomic E-state index is 13.4. The normalized spacial score (nSPS) is 11.8.